The first kappa shape index (κ1) is 23.8. The van der Waals surface area contributed by atoms with Crippen LogP contribution in [0.2, 0.25) is 0 Å². The van der Waals surface area contributed by atoms with Gasteiger partial charge >= 0.3 is 5.97 Å². The number of aromatic nitrogens is 3. The Hall–Kier alpha value is -4.91. The fraction of sp³-hybridized carbons (Fsp3) is 0.0667. The molecule has 0 spiro atoms. The Kier molecular flexibility index (Phi) is 6.68. The van der Waals surface area contributed by atoms with Crippen molar-refractivity contribution in [2.75, 3.05) is 6.61 Å². The maximum atomic E-state index is 13.5. The first-order chi connectivity index (χ1) is 18.0. The summed E-state index contributed by atoms with van der Waals surface area (Å²) in [6.45, 7) is 1.51. The SMILES string of the molecule is Cc1ccc(-c2nc(C(=O)OCC(=O)c3ccc(-c4ccccc4)cc3)nn2-c2ccc(F)cc2)cc1. The molecule has 0 saturated carbocycles. The fourth-order valence-electron chi connectivity index (χ4n) is 3.81. The van der Waals surface area contributed by atoms with Crippen LogP contribution in [0.3, 0.4) is 0 Å². The van der Waals surface area contributed by atoms with Gasteiger partial charge in [0.1, 0.15) is 5.82 Å². The maximum absolute atomic E-state index is 13.5. The number of Topliss-reactive ketones (excluding diaryl/α,β-unsaturated/α-hetero) is 1. The summed E-state index contributed by atoms with van der Waals surface area (Å²) in [4.78, 5) is 29.8. The number of aryl methyl sites for hydroxylation is 1. The Morgan fingerprint density at radius 1 is 0.784 bits per heavy atom. The highest BCUT2D eigenvalue weighted by molar-refractivity contribution is 5.99. The van der Waals surface area contributed by atoms with Crippen molar-refractivity contribution in [2.24, 2.45) is 0 Å². The molecule has 0 atom stereocenters. The van der Waals surface area contributed by atoms with Gasteiger partial charge in [-0.1, -0.05) is 84.4 Å². The standard InChI is InChI=1S/C30H22FN3O3/c1-20-7-9-24(10-8-20)29-32-28(33-34(29)26-17-15-25(31)16-18-26)30(36)37-19-27(35)23-13-11-22(12-14-23)21-5-3-2-4-6-21/h2-18H,19H2,1H3. The van der Waals surface area contributed by atoms with Crippen LogP contribution in [0, 0.1) is 12.7 Å². The Morgan fingerprint density at radius 2 is 1.41 bits per heavy atom. The predicted molar refractivity (Wildman–Crippen MR) is 138 cm³/mol. The zero-order valence-corrected chi connectivity index (χ0v) is 20.0. The molecule has 5 rings (SSSR count). The molecular weight excluding hydrogens is 469 g/mol. The van der Waals surface area contributed by atoms with Crippen molar-refractivity contribution >= 4 is 11.8 Å². The smallest absolute Gasteiger partial charge is 0.378 e. The molecule has 4 aromatic carbocycles. The topological polar surface area (TPSA) is 74.1 Å². The molecule has 5 aromatic rings. The minimum atomic E-state index is -0.830. The van der Waals surface area contributed by atoms with Crippen LogP contribution in [-0.2, 0) is 4.74 Å². The summed E-state index contributed by atoms with van der Waals surface area (Å²) in [6, 6.07) is 30.2. The number of ether oxygens (including phenoxy) is 1. The summed E-state index contributed by atoms with van der Waals surface area (Å²) in [6.07, 6.45) is 0. The quantitative estimate of drug-likeness (QED) is 0.204. The summed E-state index contributed by atoms with van der Waals surface area (Å²) < 4.78 is 20.2. The average molecular weight is 492 g/mol. The number of hydrogen-bond donors (Lipinski definition) is 0. The van der Waals surface area contributed by atoms with Crippen molar-refractivity contribution in [3.8, 4) is 28.2 Å². The molecule has 0 aliphatic heterocycles. The monoisotopic (exact) mass is 491 g/mol. The first-order valence-corrected chi connectivity index (χ1v) is 11.6. The van der Waals surface area contributed by atoms with E-state index in [1.165, 1.54) is 16.8 Å². The Bertz CT molecular complexity index is 1480. The molecule has 1 heterocycles. The Morgan fingerprint density at radius 3 is 2.08 bits per heavy atom. The highest BCUT2D eigenvalue weighted by Crippen LogP contribution is 2.23. The first-order valence-electron chi connectivity index (χ1n) is 11.6. The average Bonchev–Trinajstić information content (AvgIpc) is 3.38. The van der Waals surface area contributed by atoms with E-state index in [0.717, 1.165) is 22.3 Å². The number of hydrogen-bond acceptors (Lipinski definition) is 5. The van der Waals surface area contributed by atoms with E-state index in [1.54, 1.807) is 24.3 Å². The molecule has 0 aliphatic carbocycles. The van der Waals surface area contributed by atoms with Gasteiger partial charge in [0.2, 0.25) is 0 Å². The van der Waals surface area contributed by atoms with Crippen LogP contribution in [0.5, 0.6) is 0 Å². The number of ketones is 1. The Balaban J connectivity index is 1.34. The van der Waals surface area contributed by atoms with Gasteiger partial charge in [-0.25, -0.2) is 18.9 Å². The summed E-state index contributed by atoms with van der Waals surface area (Å²) in [7, 11) is 0. The third-order valence-corrected chi connectivity index (χ3v) is 5.82. The van der Waals surface area contributed by atoms with Crippen LogP contribution in [0.4, 0.5) is 4.39 Å². The number of halogens is 1. The van der Waals surface area contributed by atoms with Crippen molar-refractivity contribution in [1.29, 1.82) is 0 Å². The second-order valence-electron chi connectivity index (χ2n) is 8.46. The largest absolute Gasteiger partial charge is 0.451 e. The molecule has 6 nitrogen and oxygen atoms in total. The van der Waals surface area contributed by atoms with E-state index >= 15 is 0 Å². The van der Waals surface area contributed by atoms with Crippen molar-refractivity contribution < 1.29 is 18.7 Å². The highest BCUT2D eigenvalue weighted by atomic mass is 19.1. The Labute approximate surface area is 213 Å². The molecule has 7 heteroatoms. The third kappa shape index (κ3) is 5.36. The lowest BCUT2D eigenvalue weighted by atomic mass is 10.0. The van der Waals surface area contributed by atoms with Gasteiger partial charge in [-0.3, -0.25) is 4.79 Å². The molecule has 1 aromatic heterocycles. The molecule has 0 aliphatic rings. The predicted octanol–water partition coefficient (Wildman–Crippen LogP) is 6.09. The molecular formula is C30H22FN3O3. The van der Waals surface area contributed by atoms with Crippen LogP contribution in [-0.4, -0.2) is 33.1 Å². The van der Waals surface area contributed by atoms with Crippen molar-refractivity contribution in [1.82, 2.24) is 14.8 Å². The highest BCUT2D eigenvalue weighted by Gasteiger charge is 2.21. The van der Waals surface area contributed by atoms with Gasteiger partial charge in [0.25, 0.3) is 5.82 Å². The van der Waals surface area contributed by atoms with E-state index in [9.17, 15) is 14.0 Å². The van der Waals surface area contributed by atoms with Gasteiger partial charge in [-0.05, 0) is 42.3 Å². The van der Waals surface area contributed by atoms with Gasteiger partial charge in [0.05, 0.1) is 5.69 Å². The lowest BCUT2D eigenvalue weighted by Gasteiger charge is -2.06. The summed E-state index contributed by atoms with van der Waals surface area (Å²) >= 11 is 0. The van der Waals surface area contributed by atoms with Crippen molar-refractivity contribution in [3.05, 3.63) is 126 Å². The zero-order chi connectivity index (χ0) is 25.8. The van der Waals surface area contributed by atoms with E-state index in [2.05, 4.69) is 10.1 Å². The molecule has 0 amide bonds. The van der Waals surface area contributed by atoms with Crippen LogP contribution in [0.25, 0.3) is 28.2 Å². The van der Waals surface area contributed by atoms with Gasteiger partial charge in [-0.15, -0.1) is 5.10 Å². The second-order valence-corrected chi connectivity index (χ2v) is 8.46. The molecule has 182 valence electrons. The molecule has 0 N–H and O–H groups in total. The number of benzene rings is 4. The van der Waals surface area contributed by atoms with Crippen LogP contribution >= 0.6 is 0 Å². The lowest BCUT2D eigenvalue weighted by molar-refractivity contribution is 0.0462. The molecule has 0 radical (unpaired) electrons. The minimum absolute atomic E-state index is 0.202. The summed E-state index contributed by atoms with van der Waals surface area (Å²) in [5.74, 6) is -1.38. The summed E-state index contributed by atoms with van der Waals surface area (Å²) in [5, 5.41) is 4.30. The van der Waals surface area contributed by atoms with E-state index in [0.29, 0.717) is 17.1 Å². The van der Waals surface area contributed by atoms with Gasteiger partial charge in [0, 0.05) is 11.1 Å². The number of esters is 1. The van der Waals surface area contributed by atoms with Crippen LogP contribution < -0.4 is 0 Å². The van der Waals surface area contributed by atoms with Crippen molar-refractivity contribution in [2.45, 2.75) is 6.92 Å². The molecule has 0 fully saturated rings. The zero-order valence-electron chi connectivity index (χ0n) is 20.0. The second kappa shape index (κ2) is 10.4. The van der Waals surface area contributed by atoms with E-state index in [-0.39, 0.29) is 11.6 Å². The van der Waals surface area contributed by atoms with Gasteiger partial charge < -0.3 is 4.74 Å². The van der Waals surface area contributed by atoms with E-state index in [4.69, 9.17) is 4.74 Å². The normalized spacial score (nSPS) is 10.8. The van der Waals surface area contributed by atoms with E-state index < -0.39 is 18.4 Å². The molecule has 0 unspecified atom stereocenters. The van der Waals surface area contributed by atoms with Crippen LogP contribution in [0.15, 0.2) is 103 Å². The number of carbonyl (C=O) groups excluding carboxylic acids is 2. The van der Waals surface area contributed by atoms with Crippen molar-refractivity contribution in [3.63, 3.8) is 0 Å². The number of rotatable bonds is 7. The molecule has 37 heavy (non-hydrogen) atoms. The molecule has 0 bridgehead atoms. The number of nitrogens with zero attached hydrogens (tertiary/aromatic N) is 3. The third-order valence-electron chi connectivity index (χ3n) is 5.82. The number of carbonyl (C=O) groups is 2. The van der Waals surface area contributed by atoms with Gasteiger partial charge in [0.15, 0.2) is 18.2 Å². The summed E-state index contributed by atoms with van der Waals surface area (Å²) in [5.41, 5.74) is 4.76. The maximum Gasteiger partial charge on any atom is 0.378 e. The minimum Gasteiger partial charge on any atom is -0.451 e. The molecule has 0 saturated heterocycles. The van der Waals surface area contributed by atoms with Gasteiger partial charge in [-0.2, -0.15) is 0 Å². The lowest BCUT2D eigenvalue weighted by Crippen LogP contribution is -2.15. The van der Waals surface area contributed by atoms with Crippen LogP contribution in [0.1, 0.15) is 26.5 Å². The fourth-order valence-corrected chi connectivity index (χ4v) is 3.81. The van der Waals surface area contributed by atoms with E-state index in [1.807, 2.05) is 73.7 Å².